The Morgan fingerprint density at radius 2 is 2.25 bits per heavy atom. The number of nitrogens with two attached hydrogens (primary N) is 1. The number of hydrogen-bond acceptors (Lipinski definition) is 2. The van der Waals surface area contributed by atoms with Crippen LogP contribution in [0, 0.1) is 5.82 Å². The molecular formula is C9H7BrClFN2OS. The number of rotatable bonds is 3. The molecule has 16 heavy (non-hydrogen) atoms. The number of benzene rings is 1. The van der Waals surface area contributed by atoms with Gasteiger partial charge >= 0.3 is 0 Å². The zero-order valence-corrected chi connectivity index (χ0v) is 11.0. The van der Waals surface area contributed by atoms with Gasteiger partial charge in [0.1, 0.15) is 5.82 Å². The number of carbonyl (C=O) groups is 1. The van der Waals surface area contributed by atoms with Crippen LogP contribution in [-0.2, 0) is 4.79 Å². The molecule has 3 N–H and O–H groups in total. The van der Waals surface area contributed by atoms with Crippen LogP contribution in [-0.4, -0.2) is 10.9 Å². The van der Waals surface area contributed by atoms with Gasteiger partial charge < -0.3 is 11.1 Å². The lowest BCUT2D eigenvalue weighted by atomic mass is 10.3. The van der Waals surface area contributed by atoms with E-state index in [9.17, 15) is 9.18 Å². The highest BCUT2D eigenvalue weighted by atomic mass is 79.9. The summed E-state index contributed by atoms with van der Waals surface area (Å²) < 4.78 is 13.2. The molecule has 3 nitrogen and oxygen atoms in total. The monoisotopic (exact) mass is 324 g/mol. The fraction of sp³-hybridized carbons (Fsp3) is 0.111. The van der Waals surface area contributed by atoms with Crippen molar-refractivity contribution in [1.29, 1.82) is 0 Å². The van der Waals surface area contributed by atoms with E-state index < -0.39 is 11.7 Å². The summed E-state index contributed by atoms with van der Waals surface area (Å²) in [5.74, 6) is -0.897. The lowest BCUT2D eigenvalue weighted by Crippen LogP contribution is -2.20. The Morgan fingerprint density at radius 1 is 1.62 bits per heavy atom. The van der Waals surface area contributed by atoms with Crippen LogP contribution in [0.1, 0.15) is 6.42 Å². The Labute approximate surface area is 110 Å². The molecule has 0 saturated carbocycles. The Bertz CT molecular complexity index is 432. The van der Waals surface area contributed by atoms with Gasteiger partial charge in [0, 0.05) is 4.47 Å². The summed E-state index contributed by atoms with van der Waals surface area (Å²) in [5.41, 5.74) is 5.51. The molecule has 0 unspecified atom stereocenters. The zero-order chi connectivity index (χ0) is 12.3. The Morgan fingerprint density at radius 3 is 2.75 bits per heavy atom. The smallest absolute Gasteiger partial charge is 0.231 e. The van der Waals surface area contributed by atoms with E-state index in [0.717, 1.165) is 6.07 Å². The average molecular weight is 326 g/mol. The van der Waals surface area contributed by atoms with Gasteiger partial charge in [0.25, 0.3) is 0 Å². The maximum absolute atomic E-state index is 12.9. The standard InChI is InChI=1S/C9H7BrClFN2OS/c10-5-1-4(12)2-6(11)9(5)14-8(15)3-7(13)16/h1-2H,3H2,(H2,13,16)(H,14,15). The van der Waals surface area contributed by atoms with Crippen LogP contribution in [0.4, 0.5) is 10.1 Å². The van der Waals surface area contributed by atoms with Crippen LogP contribution in [0.15, 0.2) is 16.6 Å². The quantitative estimate of drug-likeness (QED) is 0.840. The summed E-state index contributed by atoms with van der Waals surface area (Å²) in [6, 6.07) is 2.30. The lowest BCUT2D eigenvalue weighted by Gasteiger charge is -2.09. The van der Waals surface area contributed by atoms with Crippen molar-refractivity contribution < 1.29 is 9.18 Å². The first-order chi connectivity index (χ1) is 7.40. The number of halogens is 3. The van der Waals surface area contributed by atoms with Crippen molar-refractivity contribution in [1.82, 2.24) is 0 Å². The number of nitrogens with one attached hydrogen (secondary N) is 1. The first kappa shape index (κ1) is 13.3. The highest BCUT2D eigenvalue weighted by molar-refractivity contribution is 9.10. The second-order valence-corrected chi connectivity index (χ2v) is 4.72. The van der Waals surface area contributed by atoms with Gasteiger partial charge in [-0.2, -0.15) is 0 Å². The highest BCUT2D eigenvalue weighted by Crippen LogP contribution is 2.31. The summed E-state index contributed by atoms with van der Waals surface area (Å²) in [4.78, 5) is 11.4. The molecule has 0 bridgehead atoms. The summed E-state index contributed by atoms with van der Waals surface area (Å²) in [6.07, 6.45) is -0.0878. The van der Waals surface area contributed by atoms with Gasteiger partial charge in [-0.3, -0.25) is 4.79 Å². The SMILES string of the molecule is NC(=S)CC(=O)Nc1c(Cl)cc(F)cc1Br. The summed E-state index contributed by atoms with van der Waals surface area (Å²) >= 11 is 13.4. The van der Waals surface area contributed by atoms with Gasteiger partial charge in [-0.15, -0.1) is 0 Å². The molecule has 0 fully saturated rings. The van der Waals surface area contributed by atoms with Crippen molar-refractivity contribution in [3.63, 3.8) is 0 Å². The van der Waals surface area contributed by atoms with E-state index in [1.165, 1.54) is 6.07 Å². The van der Waals surface area contributed by atoms with Crippen LogP contribution in [0.2, 0.25) is 5.02 Å². The Hall–Kier alpha value is -0.720. The number of anilines is 1. The molecule has 0 aliphatic carbocycles. The van der Waals surface area contributed by atoms with E-state index in [0.29, 0.717) is 10.2 Å². The molecule has 0 heterocycles. The highest BCUT2D eigenvalue weighted by Gasteiger charge is 2.11. The predicted octanol–water partition coefficient (Wildman–Crippen LogP) is 2.86. The van der Waals surface area contributed by atoms with E-state index >= 15 is 0 Å². The maximum atomic E-state index is 12.9. The molecule has 0 aliphatic rings. The number of carbonyl (C=O) groups excluding carboxylic acids is 1. The first-order valence-corrected chi connectivity index (χ1v) is 5.70. The third kappa shape index (κ3) is 3.70. The minimum Gasteiger partial charge on any atom is -0.393 e. The second-order valence-electron chi connectivity index (χ2n) is 2.94. The van der Waals surface area contributed by atoms with Gasteiger partial charge in [-0.05, 0) is 28.1 Å². The van der Waals surface area contributed by atoms with Crippen LogP contribution in [0.25, 0.3) is 0 Å². The van der Waals surface area contributed by atoms with Crippen LogP contribution in [0.5, 0.6) is 0 Å². The van der Waals surface area contributed by atoms with Crippen molar-refractivity contribution in [2.24, 2.45) is 5.73 Å². The lowest BCUT2D eigenvalue weighted by molar-refractivity contribution is -0.115. The molecule has 1 aromatic rings. The van der Waals surface area contributed by atoms with Crippen LogP contribution in [0.3, 0.4) is 0 Å². The van der Waals surface area contributed by atoms with Gasteiger partial charge in [-0.25, -0.2) is 4.39 Å². The van der Waals surface area contributed by atoms with E-state index in [1.54, 1.807) is 0 Å². The van der Waals surface area contributed by atoms with Crippen LogP contribution < -0.4 is 11.1 Å². The first-order valence-electron chi connectivity index (χ1n) is 4.13. The van der Waals surface area contributed by atoms with E-state index in [4.69, 9.17) is 17.3 Å². The summed E-state index contributed by atoms with van der Waals surface area (Å²) in [7, 11) is 0. The summed E-state index contributed by atoms with van der Waals surface area (Å²) in [6.45, 7) is 0. The molecule has 0 saturated heterocycles. The van der Waals surface area contributed by atoms with E-state index in [1.807, 2.05) is 0 Å². The molecule has 0 spiro atoms. The van der Waals surface area contributed by atoms with Gasteiger partial charge in [-0.1, -0.05) is 23.8 Å². The normalized spacial score (nSPS) is 9.94. The zero-order valence-electron chi connectivity index (χ0n) is 7.89. The number of amides is 1. The van der Waals surface area contributed by atoms with E-state index in [2.05, 4.69) is 33.5 Å². The minimum atomic E-state index is -0.496. The van der Waals surface area contributed by atoms with Gasteiger partial charge in [0.05, 0.1) is 22.1 Å². The fourth-order valence-electron chi connectivity index (χ4n) is 1.00. The van der Waals surface area contributed by atoms with E-state index in [-0.39, 0.29) is 16.4 Å². The third-order valence-electron chi connectivity index (χ3n) is 1.61. The molecule has 1 amide bonds. The van der Waals surface area contributed by atoms with Crippen molar-refractivity contribution in [3.05, 3.63) is 27.4 Å². The molecule has 0 aromatic heterocycles. The van der Waals surface area contributed by atoms with Crippen LogP contribution >= 0.6 is 39.7 Å². The Kier molecular flexibility index (Phi) is 4.64. The van der Waals surface area contributed by atoms with Gasteiger partial charge in [0.2, 0.25) is 5.91 Å². The fourth-order valence-corrected chi connectivity index (χ4v) is 2.03. The second kappa shape index (κ2) is 5.56. The number of thiocarbonyl (C=S) groups is 1. The molecule has 0 atom stereocenters. The largest absolute Gasteiger partial charge is 0.393 e. The van der Waals surface area contributed by atoms with Crippen molar-refractivity contribution in [3.8, 4) is 0 Å². The third-order valence-corrected chi connectivity index (χ3v) is 2.67. The molecule has 0 radical (unpaired) electrons. The van der Waals surface area contributed by atoms with Crippen molar-refractivity contribution in [2.75, 3.05) is 5.32 Å². The molecule has 1 rings (SSSR count). The molecule has 7 heteroatoms. The molecule has 86 valence electrons. The van der Waals surface area contributed by atoms with Gasteiger partial charge in [0.15, 0.2) is 0 Å². The predicted molar refractivity (Wildman–Crippen MR) is 69.1 cm³/mol. The molecular weight excluding hydrogens is 319 g/mol. The summed E-state index contributed by atoms with van der Waals surface area (Å²) in [5, 5.41) is 2.59. The minimum absolute atomic E-state index is 0.0758. The molecule has 0 aliphatic heterocycles. The topological polar surface area (TPSA) is 55.1 Å². The molecule has 1 aromatic carbocycles. The number of hydrogen-bond donors (Lipinski definition) is 2. The average Bonchev–Trinajstić information content (AvgIpc) is 2.09. The maximum Gasteiger partial charge on any atom is 0.231 e. The van der Waals surface area contributed by atoms with Crippen molar-refractivity contribution in [2.45, 2.75) is 6.42 Å². The van der Waals surface area contributed by atoms with Crippen molar-refractivity contribution >= 4 is 56.3 Å². The Balaban J connectivity index is 2.89.